The number of aryl methyl sites for hydroxylation is 1. The van der Waals surface area contributed by atoms with Gasteiger partial charge in [0.15, 0.2) is 0 Å². The monoisotopic (exact) mass is 321 g/mol. The number of rotatable bonds is 2. The van der Waals surface area contributed by atoms with Gasteiger partial charge in [0.25, 0.3) is 0 Å². The molecular weight excluding hydrogens is 310 g/mol. The number of nitrogens with one attached hydrogen (secondary N) is 1. The van der Waals surface area contributed by atoms with Gasteiger partial charge in [-0.05, 0) is 0 Å². The first-order valence-corrected chi connectivity index (χ1v) is 7.73. The molecular formula is C7H11N3W. The molecule has 0 atom stereocenters. The van der Waals surface area contributed by atoms with Gasteiger partial charge in [-0.25, -0.2) is 0 Å². The van der Waals surface area contributed by atoms with Crippen LogP contribution >= 0.6 is 0 Å². The van der Waals surface area contributed by atoms with Crippen molar-refractivity contribution in [2.24, 2.45) is 0 Å². The van der Waals surface area contributed by atoms with Gasteiger partial charge >= 0.3 is 74.9 Å². The zero-order valence-corrected chi connectivity index (χ0v) is 9.81. The molecule has 1 N–H and O–H groups in total. The van der Waals surface area contributed by atoms with Gasteiger partial charge in [-0.1, -0.05) is 0 Å². The molecule has 0 amide bonds. The van der Waals surface area contributed by atoms with E-state index in [2.05, 4.69) is 27.5 Å². The molecule has 0 spiro atoms. The molecule has 1 heterocycles. The molecule has 0 aliphatic heterocycles. The number of anilines is 1. The number of hydrogen-bond acceptors (Lipinski definition) is 3. The third kappa shape index (κ3) is 2.00. The fraction of sp³-hybridized carbons (Fsp3) is 0.429. The molecule has 4 heteroatoms. The molecule has 0 radical (unpaired) electrons. The van der Waals surface area contributed by atoms with Crippen LogP contribution in [0.5, 0.6) is 0 Å². The SMILES string of the molecule is CNc1ncc(C)[c]([W][CH3])n1. The van der Waals surface area contributed by atoms with Crippen LogP contribution in [0.25, 0.3) is 0 Å². The molecule has 60 valence electrons. The first-order valence-electron chi connectivity index (χ1n) is 3.33. The third-order valence-corrected chi connectivity index (χ3v) is 4.22. The van der Waals surface area contributed by atoms with Crippen LogP contribution in [0.2, 0.25) is 5.31 Å². The van der Waals surface area contributed by atoms with E-state index in [0.29, 0.717) is 0 Å². The second kappa shape index (κ2) is 3.82. The zero-order valence-electron chi connectivity index (χ0n) is 6.88. The van der Waals surface area contributed by atoms with Gasteiger partial charge in [0.1, 0.15) is 0 Å². The quantitative estimate of drug-likeness (QED) is 0.866. The Morgan fingerprint density at radius 1 is 1.55 bits per heavy atom. The Bertz CT molecular complexity index is 249. The molecule has 1 aromatic rings. The van der Waals surface area contributed by atoms with Gasteiger partial charge in [-0.2, -0.15) is 0 Å². The predicted octanol–water partition coefficient (Wildman–Crippen LogP) is 0.583. The molecule has 1 rings (SSSR count). The van der Waals surface area contributed by atoms with Crippen LogP contribution in [0.15, 0.2) is 6.20 Å². The number of nitrogens with zero attached hydrogens (tertiary/aromatic N) is 2. The number of aromatic nitrogens is 2. The van der Waals surface area contributed by atoms with E-state index in [4.69, 9.17) is 0 Å². The van der Waals surface area contributed by atoms with Gasteiger partial charge in [-0.3, -0.25) is 0 Å². The van der Waals surface area contributed by atoms with E-state index in [1.807, 2.05) is 13.2 Å². The molecule has 0 aliphatic rings. The summed E-state index contributed by atoms with van der Waals surface area (Å²) < 4.78 is 1.28. The van der Waals surface area contributed by atoms with Gasteiger partial charge in [0.05, 0.1) is 0 Å². The van der Waals surface area contributed by atoms with Crippen molar-refractivity contribution in [1.29, 1.82) is 0 Å². The summed E-state index contributed by atoms with van der Waals surface area (Å²) in [6.45, 7) is 2.07. The predicted molar refractivity (Wildman–Crippen MR) is 41.8 cm³/mol. The van der Waals surface area contributed by atoms with Crippen LogP contribution in [-0.2, 0) is 18.6 Å². The average Bonchev–Trinajstić information content (AvgIpc) is 2.05. The summed E-state index contributed by atoms with van der Waals surface area (Å²) in [7, 11) is 1.84. The van der Waals surface area contributed by atoms with Crippen LogP contribution in [0.4, 0.5) is 5.95 Å². The van der Waals surface area contributed by atoms with Crippen LogP contribution in [0.1, 0.15) is 5.56 Å². The van der Waals surface area contributed by atoms with Gasteiger partial charge < -0.3 is 0 Å². The molecule has 0 saturated heterocycles. The summed E-state index contributed by atoms with van der Waals surface area (Å²) in [5.74, 6) is 0.743. The van der Waals surface area contributed by atoms with E-state index in [1.54, 1.807) is 0 Å². The van der Waals surface area contributed by atoms with E-state index < -0.39 is 0 Å². The van der Waals surface area contributed by atoms with Gasteiger partial charge in [0, 0.05) is 0 Å². The summed E-state index contributed by atoms with van der Waals surface area (Å²) in [4.78, 5) is 8.47. The zero-order chi connectivity index (χ0) is 8.27. The Morgan fingerprint density at radius 3 is 2.82 bits per heavy atom. The Labute approximate surface area is 75.2 Å². The van der Waals surface area contributed by atoms with E-state index in [0.717, 1.165) is 5.95 Å². The molecule has 0 bridgehead atoms. The van der Waals surface area contributed by atoms with Crippen molar-refractivity contribution >= 4 is 10.0 Å². The van der Waals surface area contributed by atoms with Crippen molar-refractivity contribution < 1.29 is 18.6 Å². The molecule has 0 aliphatic carbocycles. The van der Waals surface area contributed by atoms with Crippen molar-refractivity contribution in [2.45, 2.75) is 12.2 Å². The first-order chi connectivity index (χ1) is 5.27. The van der Waals surface area contributed by atoms with Crippen LogP contribution in [0.3, 0.4) is 0 Å². The average molecular weight is 321 g/mol. The molecule has 1 aromatic heterocycles. The fourth-order valence-corrected chi connectivity index (χ4v) is 2.74. The van der Waals surface area contributed by atoms with Crippen LogP contribution in [0, 0.1) is 6.92 Å². The Hall–Kier alpha value is -0.432. The number of hydrogen-bond donors (Lipinski definition) is 1. The van der Waals surface area contributed by atoms with E-state index in [9.17, 15) is 0 Å². The van der Waals surface area contributed by atoms with E-state index in [1.165, 1.54) is 9.65 Å². The second-order valence-electron chi connectivity index (χ2n) is 2.14. The van der Waals surface area contributed by atoms with Crippen molar-refractivity contribution in [3.8, 4) is 0 Å². The van der Waals surface area contributed by atoms with Gasteiger partial charge in [-0.15, -0.1) is 0 Å². The molecule has 0 saturated carbocycles. The summed E-state index contributed by atoms with van der Waals surface area (Å²) in [6.07, 6.45) is 1.89. The fourth-order valence-electron chi connectivity index (χ4n) is 0.753. The Balaban J connectivity index is 3.02. The summed E-state index contributed by atoms with van der Waals surface area (Å²) in [5.41, 5.74) is 1.23. The van der Waals surface area contributed by atoms with Crippen molar-refractivity contribution in [3.63, 3.8) is 0 Å². The Morgan fingerprint density at radius 2 is 2.27 bits per heavy atom. The normalized spacial score (nSPS) is 9.73. The van der Waals surface area contributed by atoms with Gasteiger partial charge in [0.2, 0.25) is 0 Å². The van der Waals surface area contributed by atoms with Crippen molar-refractivity contribution in [1.82, 2.24) is 9.97 Å². The van der Waals surface area contributed by atoms with Crippen molar-refractivity contribution in [2.75, 3.05) is 12.4 Å². The molecule has 0 fully saturated rings. The first kappa shape index (κ1) is 8.66. The standard InChI is InChI=1S/C6H8N3.CH3.W/c1-5-3-8-6(7-2)9-4-5;;/h3H,1-2H3,(H,7,8,9);1H3;. The van der Waals surface area contributed by atoms with Crippen molar-refractivity contribution in [3.05, 3.63) is 11.8 Å². The maximum atomic E-state index is 4.36. The van der Waals surface area contributed by atoms with Crippen LogP contribution in [-0.4, -0.2) is 17.0 Å². The third-order valence-electron chi connectivity index (χ3n) is 1.34. The Kier molecular flexibility index (Phi) is 3.01. The van der Waals surface area contributed by atoms with E-state index in [-0.39, 0.29) is 18.6 Å². The molecule has 0 aromatic carbocycles. The topological polar surface area (TPSA) is 37.8 Å². The molecule has 0 unspecified atom stereocenters. The molecule has 3 nitrogen and oxygen atoms in total. The van der Waals surface area contributed by atoms with E-state index >= 15 is 0 Å². The van der Waals surface area contributed by atoms with Crippen LogP contribution < -0.4 is 9.40 Å². The maximum absolute atomic E-state index is 4.36. The minimum atomic E-state index is -0.384. The molecule has 11 heavy (non-hydrogen) atoms. The second-order valence-corrected chi connectivity index (χ2v) is 4.99. The summed E-state index contributed by atoms with van der Waals surface area (Å²) >= 11 is -0.384. The minimum absolute atomic E-state index is 0.384. The summed E-state index contributed by atoms with van der Waals surface area (Å²) in [5, 5.41) is 5.19. The summed E-state index contributed by atoms with van der Waals surface area (Å²) in [6, 6.07) is 0.